The Labute approximate surface area is 93.9 Å². The summed E-state index contributed by atoms with van der Waals surface area (Å²) < 4.78 is 12.9. The average molecular weight is 241 g/mol. The molecular weight excluding hydrogens is 233 g/mol. The van der Waals surface area contributed by atoms with Gasteiger partial charge in [-0.25, -0.2) is 14.2 Å². The van der Waals surface area contributed by atoms with E-state index in [9.17, 15) is 9.18 Å². The summed E-state index contributed by atoms with van der Waals surface area (Å²) in [6, 6.07) is 5.00. The molecule has 16 heavy (non-hydrogen) atoms. The number of halogens is 1. The summed E-state index contributed by atoms with van der Waals surface area (Å²) in [5.41, 5.74) is 5.36. The molecule has 1 aromatic heterocycles. The maximum Gasteiger partial charge on any atom is 0.349 e. The molecule has 0 aliphatic rings. The number of nitrogens with zero attached hydrogens (tertiary/aromatic N) is 1. The minimum absolute atomic E-state index is 0.218. The van der Waals surface area contributed by atoms with Gasteiger partial charge in [0.2, 0.25) is 5.50 Å². The van der Waals surface area contributed by atoms with E-state index in [1.165, 1.54) is 0 Å². The first-order valence-electron chi connectivity index (χ1n) is 4.35. The highest BCUT2D eigenvalue weighted by Gasteiger charge is 2.19. The number of imidazole rings is 1. The molecule has 0 saturated heterocycles. The number of carboxylic acid groups (broad SMARTS) is 1. The third-order valence-electron chi connectivity index (χ3n) is 1.89. The van der Waals surface area contributed by atoms with Crippen LogP contribution >= 0.6 is 11.8 Å². The van der Waals surface area contributed by atoms with Crippen molar-refractivity contribution in [1.29, 1.82) is 0 Å². The van der Waals surface area contributed by atoms with Crippen LogP contribution in [-0.2, 0) is 4.79 Å². The number of benzene rings is 1. The number of carboxylic acids is 1. The van der Waals surface area contributed by atoms with E-state index in [1.807, 2.05) is 0 Å². The zero-order valence-electron chi connectivity index (χ0n) is 7.98. The highest BCUT2D eigenvalue weighted by molar-refractivity contribution is 8.00. The summed E-state index contributed by atoms with van der Waals surface area (Å²) in [7, 11) is 0. The van der Waals surface area contributed by atoms with Crippen LogP contribution in [0.2, 0.25) is 0 Å². The molecule has 0 radical (unpaired) electrons. The molecule has 2 aromatic rings. The van der Waals surface area contributed by atoms with Crippen molar-refractivity contribution in [3.63, 3.8) is 0 Å². The summed E-state index contributed by atoms with van der Waals surface area (Å²) in [5.74, 6) is -1.52. The van der Waals surface area contributed by atoms with E-state index in [0.717, 1.165) is 0 Å². The molecule has 0 aliphatic heterocycles. The number of alkyl halides is 1. The van der Waals surface area contributed by atoms with E-state index in [0.29, 0.717) is 28.5 Å². The predicted octanol–water partition coefficient (Wildman–Crippen LogP) is 1.62. The van der Waals surface area contributed by atoms with Crippen molar-refractivity contribution in [2.24, 2.45) is 0 Å². The Balaban J connectivity index is 2.29. The number of fused-ring (bicyclic) bond motifs is 1. The van der Waals surface area contributed by atoms with E-state index in [4.69, 9.17) is 10.8 Å². The van der Waals surface area contributed by atoms with Gasteiger partial charge >= 0.3 is 5.97 Å². The number of aromatic amines is 1. The fourth-order valence-corrected chi connectivity index (χ4v) is 1.82. The molecule has 4 N–H and O–H groups in total. The molecule has 1 heterocycles. The molecule has 7 heteroatoms. The van der Waals surface area contributed by atoms with E-state index in [2.05, 4.69) is 9.97 Å². The Morgan fingerprint density at radius 2 is 2.38 bits per heavy atom. The molecule has 0 saturated carbocycles. The minimum atomic E-state index is -2.03. The van der Waals surface area contributed by atoms with Crippen molar-refractivity contribution in [2.75, 3.05) is 5.73 Å². The molecule has 1 unspecified atom stereocenters. The molecule has 1 atom stereocenters. The molecule has 2 rings (SSSR count). The largest absolute Gasteiger partial charge is 0.478 e. The molecule has 84 valence electrons. The van der Waals surface area contributed by atoms with Crippen LogP contribution in [0.4, 0.5) is 10.1 Å². The van der Waals surface area contributed by atoms with Crippen molar-refractivity contribution in [3.8, 4) is 0 Å². The first-order valence-corrected chi connectivity index (χ1v) is 5.23. The number of aliphatic carboxylic acids is 1. The number of nitrogens with two attached hydrogens (primary N) is 1. The lowest BCUT2D eigenvalue weighted by Gasteiger charge is -1.97. The van der Waals surface area contributed by atoms with Crippen LogP contribution in [0.25, 0.3) is 11.0 Å². The van der Waals surface area contributed by atoms with Crippen LogP contribution in [0, 0.1) is 0 Å². The number of hydrogen-bond donors (Lipinski definition) is 3. The Morgan fingerprint density at radius 3 is 3.06 bits per heavy atom. The maximum absolute atomic E-state index is 12.9. The quantitative estimate of drug-likeness (QED) is 0.561. The molecule has 0 fully saturated rings. The molecule has 0 spiro atoms. The summed E-state index contributed by atoms with van der Waals surface area (Å²) in [5, 5.41) is 8.62. The topological polar surface area (TPSA) is 92.0 Å². The SMILES string of the molecule is Nc1ccc2nc(SC(F)C(=O)O)[nH]c2c1. The minimum Gasteiger partial charge on any atom is -0.478 e. The number of anilines is 1. The zero-order valence-corrected chi connectivity index (χ0v) is 8.79. The van der Waals surface area contributed by atoms with Crippen molar-refractivity contribution in [2.45, 2.75) is 10.7 Å². The lowest BCUT2D eigenvalue weighted by Crippen LogP contribution is -2.09. The van der Waals surface area contributed by atoms with Crippen LogP contribution in [-0.4, -0.2) is 26.5 Å². The molecule has 1 aromatic carbocycles. The summed E-state index contributed by atoms with van der Waals surface area (Å²) in [6.07, 6.45) is 0. The van der Waals surface area contributed by atoms with Gasteiger partial charge in [-0.3, -0.25) is 0 Å². The fraction of sp³-hybridized carbons (Fsp3) is 0.111. The number of H-pyrrole nitrogens is 1. The Bertz CT molecular complexity index is 543. The standard InChI is InChI=1S/C9H8FN3O2S/c10-7(8(14)15)16-9-12-5-2-1-4(11)3-6(5)13-9/h1-3,7H,11H2,(H,12,13)(H,14,15). The molecule has 0 aliphatic carbocycles. The van der Waals surface area contributed by atoms with Gasteiger partial charge in [-0.15, -0.1) is 0 Å². The van der Waals surface area contributed by atoms with Gasteiger partial charge in [0.1, 0.15) is 0 Å². The lowest BCUT2D eigenvalue weighted by atomic mass is 10.3. The maximum atomic E-state index is 12.9. The third kappa shape index (κ3) is 2.08. The van der Waals surface area contributed by atoms with E-state index in [-0.39, 0.29) is 5.16 Å². The first-order chi connectivity index (χ1) is 7.56. The van der Waals surface area contributed by atoms with Gasteiger partial charge < -0.3 is 15.8 Å². The number of nitrogen functional groups attached to an aromatic ring is 1. The highest BCUT2D eigenvalue weighted by atomic mass is 32.2. The number of rotatable bonds is 3. The second kappa shape index (κ2) is 4.01. The highest BCUT2D eigenvalue weighted by Crippen LogP contribution is 2.25. The van der Waals surface area contributed by atoms with Crippen molar-refractivity contribution in [1.82, 2.24) is 9.97 Å². The second-order valence-corrected chi connectivity index (χ2v) is 4.13. The summed E-state index contributed by atoms with van der Waals surface area (Å²) in [4.78, 5) is 17.1. The van der Waals surface area contributed by atoms with Crippen LogP contribution in [0.1, 0.15) is 0 Å². The van der Waals surface area contributed by atoms with Crippen molar-refractivity contribution < 1.29 is 14.3 Å². The van der Waals surface area contributed by atoms with E-state index >= 15 is 0 Å². The third-order valence-corrected chi connectivity index (χ3v) is 2.72. The smallest absolute Gasteiger partial charge is 0.349 e. The summed E-state index contributed by atoms with van der Waals surface area (Å²) >= 11 is 0.510. The van der Waals surface area contributed by atoms with E-state index < -0.39 is 11.5 Å². The molecule has 0 amide bonds. The Morgan fingerprint density at radius 1 is 1.62 bits per heavy atom. The molecular formula is C9H8FN3O2S. The van der Waals surface area contributed by atoms with Gasteiger partial charge in [0.25, 0.3) is 0 Å². The van der Waals surface area contributed by atoms with Gasteiger partial charge in [-0.1, -0.05) is 0 Å². The fourth-order valence-electron chi connectivity index (χ4n) is 1.21. The average Bonchev–Trinajstić information content (AvgIpc) is 2.58. The van der Waals surface area contributed by atoms with Gasteiger partial charge in [0, 0.05) is 5.69 Å². The lowest BCUT2D eigenvalue weighted by molar-refractivity contribution is -0.139. The summed E-state index contributed by atoms with van der Waals surface area (Å²) in [6.45, 7) is 0. The van der Waals surface area contributed by atoms with Crippen molar-refractivity contribution >= 4 is 34.5 Å². The van der Waals surface area contributed by atoms with Crippen LogP contribution in [0.3, 0.4) is 0 Å². The van der Waals surface area contributed by atoms with Crippen LogP contribution < -0.4 is 5.73 Å². The van der Waals surface area contributed by atoms with Crippen molar-refractivity contribution in [3.05, 3.63) is 18.2 Å². The number of carbonyl (C=O) groups is 1. The van der Waals surface area contributed by atoms with Gasteiger partial charge in [0.15, 0.2) is 5.16 Å². The molecule has 5 nitrogen and oxygen atoms in total. The number of aromatic nitrogens is 2. The molecule has 0 bridgehead atoms. The number of thioether (sulfide) groups is 1. The normalized spacial score (nSPS) is 12.8. The monoisotopic (exact) mass is 241 g/mol. The number of hydrogen-bond acceptors (Lipinski definition) is 4. The Hall–Kier alpha value is -1.76. The first kappa shape index (κ1) is 10.7. The van der Waals surface area contributed by atoms with Crippen LogP contribution in [0.5, 0.6) is 0 Å². The van der Waals surface area contributed by atoms with E-state index in [1.54, 1.807) is 18.2 Å². The van der Waals surface area contributed by atoms with Gasteiger partial charge in [-0.2, -0.15) is 0 Å². The Kier molecular flexibility index (Phi) is 2.69. The number of nitrogens with one attached hydrogen (secondary N) is 1. The second-order valence-electron chi connectivity index (χ2n) is 3.09. The predicted molar refractivity (Wildman–Crippen MR) is 58.9 cm³/mol. The zero-order chi connectivity index (χ0) is 11.7. The van der Waals surface area contributed by atoms with Gasteiger partial charge in [-0.05, 0) is 30.0 Å². The van der Waals surface area contributed by atoms with Gasteiger partial charge in [0.05, 0.1) is 11.0 Å². The van der Waals surface area contributed by atoms with Crippen LogP contribution in [0.15, 0.2) is 23.4 Å².